The second kappa shape index (κ2) is 5.99. The number of nitrogens with one attached hydrogen (secondary N) is 1. The highest BCUT2D eigenvalue weighted by molar-refractivity contribution is 6.36. The third kappa shape index (κ3) is 3.22. The van der Waals surface area contributed by atoms with Crippen molar-refractivity contribution < 1.29 is 9.47 Å². The number of aromatic nitrogens is 1. The summed E-state index contributed by atoms with van der Waals surface area (Å²) in [6, 6.07) is 8.75. The number of methoxy groups -OCH3 is 1. The van der Waals surface area contributed by atoms with Gasteiger partial charge in [-0.3, -0.25) is 0 Å². The number of anilines is 1. The molecule has 0 unspecified atom stereocenters. The van der Waals surface area contributed by atoms with Crippen molar-refractivity contribution in [3.63, 3.8) is 0 Å². The molecule has 0 spiro atoms. The summed E-state index contributed by atoms with van der Waals surface area (Å²) >= 11 is 12.0. The largest absolute Gasteiger partial charge is 0.497 e. The van der Waals surface area contributed by atoms with Crippen molar-refractivity contribution in [2.24, 2.45) is 0 Å². The average Bonchev–Trinajstić information content (AvgIpc) is 2.42. The molecule has 6 heteroatoms. The predicted molar refractivity (Wildman–Crippen MR) is 76.9 cm³/mol. The Labute approximate surface area is 121 Å². The third-order valence-electron chi connectivity index (χ3n) is 2.39. The minimum atomic E-state index is 0.281. The maximum atomic E-state index is 6.05. The first-order valence-electron chi connectivity index (χ1n) is 5.49. The SMILES string of the molecule is CNc1nc(Oc2cccc(OC)c2)c(Cl)cc1Cl. The Balaban J connectivity index is 2.32. The number of ether oxygens (including phenoxy) is 2. The summed E-state index contributed by atoms with van der Waals surface area (Å²) in [4.78, 5) is 4.20. The Kier molecular flexibility index (Phi) is 4.35. The van der Waals surface area contributed by atoms with E-state index in [4.69, 9.17) is 32.7 Å². The molecule has 1 aromatic heterocycles. The molecule has 0 aliphatic rings. The molecule has 0 radical (unpaired) electrons. The fourth-order valence-corrected chi connectivity index (χ4v) is 1.96. The molecule has 4 nitrogen and oxygen atoms in total. The van der Waals surface area contributed by atoms with E-state index in [9.17, 15) is 0 Å². The van der Waals surface area contributed by atoms with Gasteiger partial charge in [0.25, 0.3) is 0 Å². The van der Waals surface area contributed by atoms with E-state index >= 15 is 0 Å². The molecule has 0 aliphatic carbocycles. The molecule has 0 saturated heterocycles. The Morgan fingerprint density at radius 3 is 2.53 bits per heavy atom. The quantitative estimate of drug-likeness (QED) is 0.917. The van der Waals surface area contributed by atoms with Gasteiger partial charge in [-0.15, -0.1) is 0 Å². The van der Waals surface area contributed by atoms with Gasteiger partial charge < -0.3 is 14.8 Å². The highest BCUT2D eigenvalue weighted by atomic mass is 35.5. The van der Waals surface area contributed by atoms with Crippen LogP contribution in [-0.4, -0.2) is 19.1 Å². The predicted octanol–water partition coefficient (Wildman–Crippen LogP) is 4.23. The molecule has 19 heavy (non-hydrogen) atoms. The van der Waals surface area contributed by atoms with Crippen LogP contribution in [0.25, 0.3) is 0 Å². The van der Waals surface area contributed by atoms with Gasteiger partial charge in [-0.05, 0) is 18.2 Å². The minimum absolute atomic E-state index is 0.281. The van der Waals surface area contributed by atoms with Crippen molar-refractivity contribution in [3.8, 4) is 17.4 Å². The first kappa shape index (κ1) is 13.8. The number of rotatable bonds is 4. The monoisotopic (exact) mass is 298 g/mol. The molecule has 1 aromatic carbocycles. The topological polar surface area (TPSA) is 43.4 Å². The molecule has 100 valence electrons. The molecule has 2 rings (SSSR count). The van der Waals surface area contributed by atoms with Crippen molar-refractivity contribution in [2.45, 2.75) is 0 Å². The molecular formula is C13H12Cl2N2O2. The lowest BCUT2D eigenvalue weighted by molar-refractivity contribution is 0.407. The molecule has 1 heterocycles. The molecule has 2 aromatic rings. The van der Waals surface area contributed by atoms with Crippen LogP contribution in [0.5, 0.6) is 17.4 Å². The van der Waals surface area contributed by atoms with Crippen molar-refractivity contribution in [3.05, 3.63) is 40.4 Å². The summed E-state index contributed by atoms with van der Waals surface area (Å²) in [5.74, 6) is 2.06. The second-order valence-electron chi connectivity index (χ2n) is 3.64. The van der Waals surface area contributed by atoms with Crippen LogP contribution in [0.4, 0.5) is 5.82 Å². The lowest BCUT2D eigenvalue weighted by Gasteiger charge is -2.10. The maximum absolute atomic E-state index is 6.05. The zero-order valence-electron chi connectivity index (χ0n) is 10.4. The van der Waals surface area contributed by atoms with Crippen molar-refractivity contribution >= 4 is 29.0 Å². The fraction of sp³-hybridized carbons (Fsp3) is 0.154. The molecule has 0 saturated carbocycles. The molecule has 0 bridgehead atoms. The number of hydrogen-bond acceptors (Lipinski definition) is 4. The number of pyridine rings is 1. The zero-order valence-corrected chi connectivity index (χ0v) is 11.9. The average molecular weight is 299 g/mol. The summed E-state index contributed by atoms with van der Waals surface area (Å²) in [6.07, 6.45) is 0. The number of hydrogen-bond donors (Lipinski definition) is 1. The van der Waals surface area contributed by atoms with E-state index in [2.05, 4.69) is 10.3 Å². The molecule has 0 fully saturated rings. The molecule has 0 atom stereocenters. The summed E-state index contributed by atoms with van der Waals surface area (Å²) in [6.45, 7) is 0. The van der Waals surface area contributed by atoms with Crippen LogP contribution in [0.1, 0.15) is 0 Å². The van der Waals surface area contributed by atoms with E-state index < -0.39 is 0 Å². The lowest BCUT2D eigenvalue weighted by atomic mass is 10.3. The highest BCUT2D eigenvalue weighted by Gasteiger charge is 2.10. The summed E-state index contributed by atoms with van der Waals surface area (Å²) in [5.41, 5.74) is 0. The van der Waals surface area contributed by atoms with Crippen LogP contribution in [0.15, 0.2) is 30.3 Å². The normalized spacial score (nSPS) is 10.1. The molecule has 0 aliphatic heterocycles. The van der Waals surface area contributed by atoms with E-state index in [1.165, 1.54) is 0 Å². The Bertz CT molecular complexity index is 591. The van der Waals surface area contributed by atoms with Crippen LogP contribution in [-0.2, 0) is 0 Å². The smallest absolute Gasteiger partial charge is 0.240 e. The van der Waals surface area contributed by atoms with Gasteiger partial charge in [0.2, 0.25) is 5.88 Å². The van der Waals surface area contributed by atoms with Crippen LogP contribution < -0.4 is 14.8 Å². The molecule has 0 amide bonds. The second-order valence-corrected chi connectivity index (χ2v) is 4.45. The van der Waals surface area contributed by atoms with E-state index in [1.807, 2.05) is 12.1 Å². The summed E-state index contributed by atoms with van der Waals surface area (Å²) in [7, 11) is 3.31. The van der Waals surface area contributed by atoms with Gasteiger partial charge in [0.15, 0.2) is 0 Å². The third-order valence-corrected chi connectivity index (χ3v) is 2.95. The Morgan fingerprint density at radius 1 is 1.11 bits per heavy atom. The van der Waals surface area contributed by atoms with Gasteiger partial charge in [-0.1, -0.05) is 29.3 Å². The molecular weight excluding hydrogens is 287 g/mol. The first-order chi connectivity index (χ1) is 9.13. The van der Waals surface area contributed by atoms with E-state index in [-0.39, 0.29) is 5.88 Å². The van der Waals surface area contributed by atoms with Crippen LogP contribution in [0.3, 0.4) is 0 Å². The van der Waals surface area contributed by atoms with Crippen molar-refractivity contribution in [1.82, 2.24) is 4.98 Å². The van der Waals surface area contributed by atoms with Gasteiger partial charge in [0.1, 0.15) is 22.3 Å². The van der Waals surface area contributed by atoms with Gasteiger partial charge in [-0.25, -0.2) is 0 Å². The Hall–Kier alpha value is -1.65. The molecule has 1 N–H and O–H groups in total. The minimum Gasteiger partial charge on any atom is -0.497 e. The Morgan fingerprint density at radius 2 is 1.84 bits per heavy atom. The van der Waals surface area contributed by atoms with Crippen molar-refractivity contribution in [2.75, 3.05) is 19.5 Å². The standard InChI is InChI=1S/C13H12Cl2N2O2/c1-16-12-10(14)7-11(15)13(17-12)19-9-5-3-4-8(6-9)18-2/h3-7H,1-2H3,(H,16,17). The van der Waals surface area contributed by atoms with Crippen LogP contribution >= 0.6 is 23.2 Å². The maximum Gasteiger partial charge on any atom is 0.240 e. The van der Waals surface area contributed by atoms with E-state index in [0.717, 1.165) is 0 Å². The van der Waals surface area contributed by atoms with E-state index in [0.29, 0.717) is 27.4 Å². The fourth-order valence-electron chi connectivity index (χ4n) is 1.47. The number of halogens is 2. The van der Waals surface area contributed by atoms with Gasteiger partial charge in [0.05, 0.1) is 12.1 Å². The van der Waals surface area contributed by atoms with Crippen LogP contribution in [0.2, 0.25) is 10.0 Å². The summed E-state index contributed by atoms with van der Waals surface area (Å²) in [5, 5.41) is 3.64. The van der Waals surface area contributed by atoms with Gasteiger partial charge in [0, 0.05) is 13.1 Å². The van der Waals surface area contributed by atoms with Crippen molar-refractivity contribution in [1.29, 1.82) is 0 Å². The number of nitrogens with zero attached hydrogens (tertiary/aromatic N) is 1. The van der Waals surface area contributed by atoms with E-state index in [1.54, 1.807) is 32.4 Å². The van der Waals surface area contributed by atoms with Crippen LogP contribution in [0, 0.1) is 0 Å². The van der Waals surface area contributed by atoms with Gasteiger partial charge >= 0.3 is 0 Å². The highest BCUT2D eigenvalue weighted by Crippen LogP contribution is 2.34. The first-order valence-corrected chi connectivity index (χ1v) is 6.25. The zero-order chi connectivity index (χ0) is 13.8. The number of benzene rings is 1. The lowest BCUT2D eigenvalue weighted by Crippen LogP contribution is -1.97. The van der Waals surface area contributed by atoms with Gasteiger partial charge in [-0.2, -0.15) is 4.98 Å². The summed E-state index contributed by atoms with van der Waals surface area (Å²) < 4.78 is 10.7.